The maximum Gasteiger partial charge on any atom is 0.0738 e. The van der Waals surface area contributed by atoms with Crippen LogP contribution in [0.15, 0.2) is 54.6 Å². The molecule has 2 nitrogen and oxygen atoms in total. The van der Waals surface area contributed by atoms with Crippen LogP contribution in [-0.4, -0.2) is 10.1 Å². The van der Waals surface area contributed by atoms with E-state index in [1.54, 1.807) is 0 Å². The monoisotopic (exact) mass is 249 g/mol. The second-order valence-electron chi connectivity index (χ2n) is 4.70. The lowest BCUT2D eigenvalue weighted by Gasteiger charge is -2.08. The second-order valence-corrected chi connectivity index (χ2v) is 4.70. The van der Waals surface area contributed by atoms with Crippen molar-refractivity contribution in [3.8, 4) is 11.3 Å². The number of aryl methyl sites for hydroxylation is 1. The summed E-state index contributed by atoms with van der Waals surface area (Å²) in [5.41, 5.74) is 5.18. The summed E-state index contributed by atoms with van der Waals surface area (Å²) in [7, 11) is 0. The predicted molar refractivity (Wildman–Crippen MR) is 77.8 cm³/mol. The zero-order valence-electron chi connectivity index (χ0n) is 10.8. The molecule has 1 heterocycles. The van der Waals surface area contributed by atoms with Crippen LogP contribution in [-0.2, 0) is 6.61 Å². The van der Waals surface area contributed by atoms with Crippen LogP contribution >= 0.6 is 0 Å². The van der Waals surface area contributed by atoms with Gasteiger partial charge in [0.1, 0.15) is 0 Å². The summed E-state index contributed by atoms with van der Waals surface area (Å²) in [6.45, 7) is 2.15. The van der Waals surface area contributed by atoms with Gasteiger partial charge in [0, 0.05) is 10.9 Å². The van der Waals surface area contributed by atoms with Crippen LogP contribution in [0.4, 0.5) is 0 Å². The van der Waals surface area contributed by atoms with Gasteiger partial charge in [0.2, 0.25) is 0 Å². The lowest BCUT2D eigenvalue weighted by atomic mass is 10.0. The Kier molecular flexibility index (Phi) is 3.02. The molecule has 1 N–H and O–H groups in total. The summed E-state index contributed by atoms with van der Waals surface area (Å²) in [6, 6.07) is 18.2. The second kappa shape index (κ2) is 4.82. The molecule has 0 spiro atoms. The van der Waals surface area contributed by atoms with E-state index in [1.165, 1.54) is 0 Å². The fraction of sp³-hybridized carbons (Fsp3) is 0.118. The Balaban J connectivity index is 2.15. The maximum atomic E-state index is 9.08. The topological polar surface area (TPSA) is 33.1 Å². The molecule has 0 saturated carbocycles. The summed E-state index contributed by atoms with van der Waals surface area (Å²) >= 11 is 0. The van der Waals surface area contributed by atoms with E-state index in [-0.39, 0.29) is 6.61 Å². The molecule has 0 saturated heterocycles. The number of aromatic nitrogens is 1. The van der Waals surface area contributed by atoms with E-state index in [9.17, 15) is 0 Å². The summed E-state index contributed by atoms with van der Waals surface area (Å²) in [5.74, 6) is 0. The third kappa shape index (κ3) is 2.23. The minimum atomic E-state index is 0.0738. The third-order valence-electron chi connectivity index (χ3n) is 3.32. The molecule has 0 amide bonds. The van der Waals surface area contributed by atoms with Crippen LogP contribution in [0.2, 0.25) is 0 Å². The molecule has 2 aromatic carbocycles. The molecule has 0 bridgehead atoms. The molecule has 19 heavy (non-hydrogen) atoms. The number of nitrogens with zero attached hydrogens (tertiary/aromatic N) is 1. The molecule has 0 atom stereocenters. The average Bonchev–Trinajstić information content (AvgIpc) is 2.47. The van der Waals surface area contributed by atoms with Gasteiger partial charge in [-0.3, -0.25) is 0 Å². The number of aliphatic hydroxyl groups is 1. The molecule has 0 aliphatic carbocycles. The Hall–Kier alpha value is -2.19. The first-order valence-corrected chi connectivity index (χ1v) is 6.34. The molecule has 3 rings (SSSR count). The quantitative estimate of drug-likeness (QED) is 0.751. The van der Waals surface area contributed by atoms with Crippen LogP contribution in [0.3, 0.4) is 0 Å². The van der Waals surface area contributed by atoms with Gasteiger partial charge >= 0.3 is 0 Å². The van der Waals surface area contributed by atoms with Crippen molar-refractivity contribution in [1.29, 1.82) is 0 Å². The number of rotatable bonds is 2. The first-order valence-electron chi connectivity index (χ1n) is 6.34. The van der Waals surface area contributed by atoms with Crippen molar-refractivity contribution >= 4 is 10.9 Å². The highest BCUT2D eigenvalue weighted by Crippen LogP contribution is 2.25. The Morgan fingerprint density at radius 1 is 1.00 bits per heavy atom. The number of aliphatic hydroxyl groups excluding tert-OH is 1. The van der Waals surface area contributed by atoms with E-state index >= 15 is 0 Å². The number of hydrogen-bond acceptors (Lipinski definition) is 2. The van der Waals surface area contributed by atoms with E-state index in [2.05, 4.69) is 19.1 Å². The minimum Gasteiger partial charge on any atom is -0.392 e. The van der Waals surface area contributed by atoms with E-state index < -0.39 is 0 Å². The van der Waals surface area contributed by atoms with Crippen molar-refractivity contribution < 1.29 is 5.11 Å². The van der Waals surface area contributed by atoms with Crippen LogP contribution < -0.4 is 0 Å². The van der Waals surface area contributed by atoms with Crippen molar-refractivity contribution in [1.82, 2.24) is 4.98 Å². The molecule has 0 unspecified atom stereocenters. The fourth-order valence-corrected chi connectivity index (χ4v) is 2.28. The number of hydrogen-bond donors (Lipinski definition) is 1. The highest BCUT2D eigenvalue weighted by molar-refractivity contribution is 5.83. The Morgan fingerprint density at radius 2 is 1.74 bits per heavy atom. The largest absolute Gasteiger partial charge is 0.392 e. The normalized spacial score (nSPS) is 10.8. The number of pyridine rings is 1. The SMILES string of the molecule is Cc1cc2ccccc2nc1-c1ccc(CO)cc1. The number of benzene rings is 2. The lowest BCUT2D eigenvalue weighted by Crippen LogP contribution is -1.91. The molecule has 3 aromatic rings. The number of para-hydroxylation sites is 1. The molecule has 0 aliphatic heterocycles. The average molecular weight is 249 g/mol. The molecule has 94 valence electrons. The van der Waals surface area contributed by atoms with Gasteiger partial charge in [-0.15, -0.1) is 0 Å². The predicted octanol–water partition coefficient (Wildman–Crippen LogP) is 3.70. The minimum absolute atomic E-state index is 0.0738. The standard InChI is InChI=1S/C17H15NO/c1-12-10-15-4-2-3-5-16(15)18-17(12)14-8-6-13(11-19)7-9-14/h2-10,19H,11H2,1H3. The third-order valence-corrected chi connectivity index (χ3v) is 3.32. The van der Waals surface area contributed by atoms with E-state index in [4.69, 9.17) is 10.1 Å². The maximum absolute atomic E-state index is 9.08. The van der Waals surface area contributed by atoms with Gasteiger partial charge < -0.3 is 5.11 Å². The van der Waals surface area contributed by atoms with Gasteiger partial charge in [0.15, 0.2) is 0 Å². The highest BCUT2D eigenvalue weighted by atomic mass is 16.3. The fourth-order valence-electron chi connectivity index (χ4n) is 2.28. The molecule has 0 radical (unpaired) electrons. The summed E-state index contributed by atoms with van der Waals surface area (Å²) in [6.07, 6.45) is 0. The Bertz CT molecular complexity index is 717. The van der Waals surface area contributed by atoms with Gasteiger partial charge in [0.25, 0.3) is 0 Å². The Morgan fingerprint density at radius 3 is 2.47 bits per heavy atom. The molecule has 0 aliphatic rings. The summed E-state index contributed by atoms with van der Waals surface area (Å²) < 4.78 is 0. The molecule has 1 aromatic heterocycles. The molecule has 0 fully saturated rings. The molecule has 2 heteroatoms. The molecular weight excluding hydrogens is 234 g/mol. The molecular formula is C17H15NO. The lowest BCUT2D eigenvalue weighted by molar-refractivity contribution is 0.282. The van der Waals surface area contributed by atoms with Crippen molar-refractivity contribution in [2.24, 2.45) is 0 Å². The smallest absolute Gasteiger partial charge is 0.0738 e. The van der Waals surface area contributed by atoms with E-state index in [0.717, 1.165) is 33.3 Å². The first-order chi connectivity index (χ1) is 9.28. The number of fused-ring (bicyclic) bond motifs is 1. The van der Waals surface area contributed by atoms with Crippen LogP contribution in [0.25, 0.3) is 22.2 Å². The van der Waals surface area contributed by atoms with Gasteiger partial charge in [-0.1, -0.05) is 42.5 Å². The van der Waals surface area contributed by atoms with Gasteiger partial charge in [-0.05, 0) is 30.2 Å². The zero-order chi connectivity index (χ0) is 13.2. The van der Waals surface area contributed by atoms with Gasteiger partial charge in [-0.2, -0.15) is 0 Å². The summed E-state index contributed by atoms with van der Waals surface area (Å²) in [4.78, 5) is 4.74. The van der Waals surface area contributed by atoms with E-state index in [0.29, 0.717) is 0 Å². The van der Waals surface area contributed by atoms with Crippen LogP contribution in [0, 0.1) is 6.92 Å². The van der Waals surface area contributed by atoms with E-state index in [1.807, 2.05) is 42.5 Å². The van der Waals surface area contributed by atoms with Crippen LogP contribution in [0.1, 0.15) is 11.1 Å². The zero-order valence-corrected chi connectivity index (χ0v) is 10.8. The Labute approximate surface area is 112 Å². The van der Waals surface area contributed by atoms with Crippen molar-refractivity contribution in [3.05, 3.63) is 65.7 Å². The van der Waals surface area contributed by atoms with Crippen molar-refractivity contribution in [3.63, 3.8) is 0 Å². The van der Waals surface area contributed by atoms with Crippen molar-refractivity contribution in [2.75, 3.05) is 0 Å². The first kappa shape index (κ1) is 11.9. The van der Waals surface area contributed by atoms with Crippen molar-refractivity contribution in [2.45, 2.75) is 13.5 Å². The van der Waals surface area contributed by atoms with Crippen LogP contribution in [0.5, 0.6) is 0 Å². The summed E-state index contributed by atoms with van der Waals surface area (Å²) in [5, 5.41) is 10.2. The highest BCUT2D eigenvalue weighted by Gasteiger charge is 2.05. The van der Waals surface area contributed by atoms with Gasteiger partial charge in [-0.25, -0.2) is 4.98 Å². The van der Waals surface area contributed by atoms with Gasteiger partial charge in [0.05, 0.1) is 17.8 Å².